The predicted octanol–water partition coefficient (Wildman–Crippen LogP) is 13.5. The van der Waals surface area contributed by atoms with Gasteiger partial charge in [0.15, 0.2) is 5.69 Å². The second-order valence-corrected chi connectivity index (χ2v) is 13.0. The van der Waals surface area contributed by atoms with Crippen molar-refractivity contribution in [2.75, 3.05) is 9.80 Å². The topological polar surface area (TPSA) is 34.6 Å². The van der Waals surface area contributed by atoms with Crippen molar-refractivity contribution in [3.63, 3.8) is 0 Å². The highest BCUT2D eigenvalue weighted by Crippen LogP contribution is 2.37. The summed E-state index contributed by atoms with van der Waals surface area (Å²) < 4.78 is 0. The number of nitriles is 1. The number of rotatable bonds is 10. The van der Waals surface area contributed by atoms with Gasteiger partial charge in [-0.1, -0.05) is 101 Å². The Morgan fingerprint density at radius 3 is 1.08 bits per heavy atom. The van der Waals surface area contributed by atoms with Gasteiger partial charge in [0.2, 0.25) is 0 Å². The van der Waals surface area contributed by atoms with Crippen molar-refractivity contribution in [3.8, 4) is 6.07 Å². The van der Waals surface area contributed by atoms with Crippen LogP contribution in [0.4, 0.5) is 39.8 Å². The summed E-state index contributed by atoms with van der Waals surface area (Å²) in [6.07, 6.45) is 4.27. The summed E-state index contributed by atoms with van der Waals surface area (Å²) in [5.74, 6) is 0.917. The zero-order chi connectivity index (χ0) is 35.0. The maximum Gasteiger partial charge on any atom is 0.187 e. The lowest BCUT2D eigenvalue weighted by atomic mass is 10.0. The van der Waals surface area contributed by atoms with Crippen LogP contribution in [-0.4, -0.2) is 0 Å². The lowest BCUT2D eigenvalue weighted by Crippen LogP contribution is -2.10. The molecule has 244 valence electrons. The fourth-order valence-corrected chi connectivity index (χ4v) is 5.93. The number of benzene rings is 6. The fourth-order valence-electron chi connectivity index (χ4n) is 5.93. The number of nitrogens with zero attached hydrogens (tertiary/aromatic N) is 4. The Morgan fingerprint density at radius 1 is 0.480 bits per heavy atom. The van der Waals surface area contributed by atoms with Gasteiger partial charge in [0.05, 0.1) is 18.2 Å². The molecule has 0 saturated heterocycles. The zero-order valence-corrected chi connectivity index (χ0v) is 29.0. The summed E-state index contributed by atoms with van der Waals surface area (Å²) in [6, 6.07) is 52.2. The zero-order valence-electron chi connectivity index (χ0n) is 29.0. The van der Waals surface area contributed by atoms with Gasteiger partial charge in [-0.25, -0.2) is 4.85 Å². The lowest BCUT2D eigenvalue weighted by Gasteiger charge is -2.26. The Morgan fingerprint density at radius 2 is 0.780 bits per heavy atom. The van der Waals surface area contributed by atoms with E-state index in [0.717, 1.165) is 45.3 Å². The van der Waals surface area contributed by atoms with Crippen molar-refractivity contribution in [1.29, 1.82) is 5.26 Å². The third-order valence-corrected chi connectivity index (χ3v) is 8.90. The predicted molar refractivity (Wildman–Crippen MR) is 210 cm³/mol. The van der Waals surface area contributed by atoms with Crippen LogP contribution >= 0.6 is 0 Å². The molecule has 0 aliphatic heterocycles. The summed E-state index contributed by atoms with van der Waals surface area (Å²) >= 11 is 0. The van der Waals surface area contributed by atoms with Gasteiger partial charge in [-0.2, -0.15) is 5.26 Å². The maximum atomic E-state index is 9.34. The maximum absolute atomic E-state index is 9.34. The van der Waals surface area contributed by atoms with Crippen LogP contribution in [0.3, 0.4) is 0 Å². The van der Waals surface area contributed by atoms with Crippen molar-refractivity contribution in [1.82, 2.24) is 0 Å². The summed E-state index contributed by atoms with van der Waals surface area (Å²) in [5, 5.41) is 9.34. The van der Waals surface area contributed by atoms with E-state index in [9.17, 15) is 5.26 Å². The first-order chi connectivity index (χ1) is 24.3. The number of hydrogen-bond acceptors (Lipinski definition) is 3. The molecule has 0 aromatic heterocycles. The molecular weight excluding hydrogens is 609 g/mol. The van der Waals surface area contributed by atoms with Gasteiger partial charge in [0.25, 0.3) is 0 Å². The molecule has 4 heteroatoms. The average molecular weight is 649 g/mol. The Bertz CT molecular complexity index is 1970. The smallest absolute Gasteiger partial charge is 0.187 e. The van der Waals surface area contributed by atoms with Gasteiger partial charge in [0, 0.05) is 34.1 Å². The van der Waals surface area contributed by atoms with Crippen molar-refractivity contribution >= 4 is 52.0 Å². The van der Waals surface area contributed by atoms with Crippen LogP contribution in [0.15, 0.2) is 146 Å². The van der Waals surface area contributed by atoms with Crippen LogP contribution in [0.1, 0.15) is 67.3 Å². The third kappa shape index (κ3) is 7.68. The molecule has 0 saturated carbocycles. The third-order valence-electron chi connectivity index (χ3n) is 8.90. The molecule has 6 aromatic rings. The van der Waals surface area contributed by atoms with Gasteiger partial charge in [0.1, 0.15) is 0 Å². The van der Waals surface area contributed by atoms with E-state index in [0.29, 0.717) is 23.1 Å². The van der Waals surface area contributed by atoms with E-state index >= 15 is 0 Å². The molecule has 0 bridgehead atoms. The van der Waals surface area contributed by atoms with Crippen molar-refractivity contribution in [2.24, 2.45) is 0 Å². The molecule has 6 rings (SSSR count). The normalized spacial score (nSPS) is 11.0. The molecule has 6 aromatic carbocycles. The van der Waals surface area contributed by atoms with Gasteiger partial charge in [-0.05, 0) is 119 Å². The summed E-state index contributed by atoms with van der Waals surface area (Å²) in [4.78, 5) is 8.01. The second-order valence-electron chi connectivity index (χ2n) is 13.0. The van der Waals surface area contributed by atoms with Crippen LogP contribution in [0.25, 0.3) is 17.0 Å². The van der Waals surface area contributed by atoms with Gasteiger partial charge >= 0.3 is 0 Å². The van der Waals surface area contributed by atoms with Crippen LogP contribution in [0, 0.1) is 17.9 Å². The average Bonchev–Trinajstić information content (AvgIpc) is 3.16. The monoisotopic (exact) mass is 648 g/mol. The van der Waals surface area contributed by atoms with E-state index < -0.39 is 0 Å². The highest BCUT2D eigenvalue weighted by atomic mass is 15.1. The molecule has 0 heterocycles. The van der Waals surface area contributed by atoms with Gasteiger partial charge in [-0.15, -0.1) is 0 Å². The number of anilines is 6. The van der Waals surface area contributed by atoms with Crippen molar-refractivity contribution in [3.05, 3.63) is 185 Å². The first-order valence-corrected chi connectivity index (χ1v) is 17.0. The minimum atomic E-state index is 0.457. The van der Waals surface area contributed by atoms with Crippen LogP contribution in [0.2, 0.25) is 0 Å². The van der Waals surface area contributed by atoms with E-state index in [1.807, 2.05) is 48.5 Å². The van der Waals surface area contributed by atoms with E-state index in [2.05, 4.69) is 158 Å². The van der Waals surface area contributed by atoms with Gasteiger partial charge < -0.3 is 9.80 Å². The van der Waals surface area contributed by atoms with E-state index in [1.54, 1.807) is 0 Å². The Hall–Kier alpha value is -6.36. The summed E-state index contributed by atoms with van der Waals surface area (Å²) in [7, 11) is 0. The van der Waals surface area contributed by atoms with Crippen LogP contribution in [0.5, 0.6) is 0 Å². The Balaban J connectivity index is 1.24. The molecular formula is C46H40N4. The lowest BCUT2D eigenvalue weighted by molar-refractivity contribution is 0.866. The highest BCUT2D eigenvalue weighted by molar-refractivity contribution is 5.80. The SMILES string of the molecule is [C-]#[N+]c1ccc(N(c2ccc(/C=C/c3ccc(N(c4ccc(C#N)cc4)c4ccc(C(C)C)cc4)cc3)cc2)c2ccc(C(C)C)cc2)cc1. The minimum Gasteiger partial charge on any atom is -0.311 e. The summed E-state index contributed by atoms with van der Waals surface area (Å²) in [6.45, 7) is 16.2. The van der Waals surface area contributed by atoms with E-state index in [-0.39, 0.29) is 0 Å². The Kier molecular flexibility index (Phi) is 10.2. The quantitative estimate of drug-likeness (QED) is 0.109. The molecule has 0 N–H and O–H groups in total. The van der Waals surface area contributed by atoms with E-state index in [4.69, 9.17) is 6.57 Å². The first-order valence-electron chi connectivity index (χ1n) is 17.0. The fraction of sp³-hybridized carbons (Fsp3) is 0.130. The van der Waals surface area contributed by atoms with E-state index in [1.165, 1.54) is 11.1 Å². The number of hydrogen-bond donors (Lipinski definition) is 0. The van der Waals surface area contributed by atoms with Crippen molar-refractivity contribution < 1.29 is 0 Å². The molecule has 4 nitrogen and oxygen atoms in total. The molecule has 50 heavy (non-hydrogen) atoms. The summed E-state index contributed by atoms with van der Waals surface area (Å²) in [5.41, 5.74) is 12.3. The van der Waals surface area contributed by atoms with Gasteiger partial charge in [-0.3, -0.25) is 0 Å². The molecule has 0 spiro atoms. The largest absolute Gasteiger partial charge is 0.311 e. The highest BCUT2D eigenvalue weighted by Gasteiger charge is 2.15. The van der Waals surface area contributed by atoms with Crippen molar-refractivity contribution in [2.45, 2.75) is 39.5 Å². The minimum absolute atomic E-state index is 0.457. The second kappa shape index (κ2) is 15.2. The molecule has 0 amide bonds. The molecule has 0 unspecified atom stereocenters. The molecule has 0 aliphatic rings. The Labute approximate surface area is 296 Å². The standard InChI is InChI=1S/C46H40N4/c1-33(2)38-14-26-44(27-15-38)49(43-24-12-37(32-47)13-25-43)41-20-8-35(9-21-41)6-7-36-10-22-42(23-11-36)50(46-30-18-40(48-5)19-31-46)45-28-16-39(17-29-45)34(3)4/h6-31,33-34H,1-4H3/b7-6+. The van der Waals surface area contributed by atoms with Crippen LogP contribution < -0.4 is 9.80 Å². The molecule has 0 atom stereocenters. The molecule has 0 aliphatic carbocycles. The molecule has 0 radical (unpaired) electrons. The first kappa shape index (κ1) is 33.5. The van der Waals surface area contributed by atoms with Crippen LogP contribution in [-0.2, 0) is 0 Å². The molecule has 0 fully saturated rings.